The van der Waals surface area contributed by atoms with Crippen molar-refractivity contribution < 1.29 is 9.47 Å². The van der Waals surface area contributed by atoms with E-state index in [9.17, 15) is 0 Å². The van der Waals surface area contributed by atoms with Crippen LogP contribution in [0.3, 0.4) is 0 Å². The second kappa shape index (κ2) is 9.98. The van der Waals surface area contributed by atoms with Crippen molar-refractivity contribution in [2.45, 2.75) is 12.6 Å². The predicted octanol–water partition coefficient (Wildman–Crippen LogP) is 4.92. The van der Waals surface area contributed by atoms with E-state index in [0.717, 1.165) is 48.8 Å². The molecule has 3 aromatic carbocycles. The molecular formula is C25H27ClN2O2. The van der Waals surface area contributed by atoms with Crippen LogP contribution in [-0.4, -0.2) is 38.2 Å². The molecule has 4 nitrogen and oxygen atoms in total. The highest BCUT2D eigenvalue weighted by molar-refractivity contribution is 6.30. The van der Waals surface area contributed by atoms with Crippen LogP contribution in [0.15, 0.2) is 72.8 Å². The van der Waals surface area contributed by atoms with Crippen molar-refractivity contribution >= 4 is 11.6 Å². The quantitative estimate of drug-likeness (QED) is 0.585. The fourth-order valence-corrected chi connectivity index (χ4v) is 4.14. The fourth-order valence-electron chi connectivity index (χ4n) is 3.96. The standard InChI is InChI=1S/C25H27ClN2O2/c1-29-24-11-10-21(26)17-23(24)25(28-14-12-27-13-15-28)20-8-5-9-22(16-20)30-18-19-6-3-2-4-7-19/h2-11,16-17,25,27H,12-15,18H2,1H3. The van der Waals surface area contributed by atoms with Crippen molar-refractivity contribution in [1.29, 1.82) is 0 Å². The molecule has 0 aliphatic carbocycles. The van der Waals surface area contributed by atoms with E-state index in [0.29, 0.717) is 11.6 Å². The maximum Gasteiger partial charge on any atom is 0.124 e. The molecule has 1 fully saturated rings. The number of hydrogen-bond acceptors (Lipinski definition) is 4. The summed E-state index contributed by atoms with van der Waals surface area (Å²) < 4.78 is 11.8. The summed E-state index contributed by atoms with van der Waals surface area (Å²) in [7, 11) is 1.71. The van der Waals surface area contributed by atoms with E-state index in [1.54, 1.807) is 7.11 Å². The minimum atomic E-state index is 0.0426. The average Bonchev–Trinajstić information content (AvgIpc) is 2.80. The van der Waals surface area contributed by atoms with E-state index in [1.165, 1.54) is 5.56 Å². The summed E-state index contributed by atoms with van der Waals surface area (Å²) in [6.45, 7) is 4.38. The van der Waals surface area contributed by atoms with E-state index in [-0.39, 0.29) is 6.04 Å². The van der Waals surface area contributed by atoms with Crippen molar-refractivity contribution in [2.75, 3.05) is 33.3 Å². The minimum Gasteiger partial charge on any atom is -0.496 e. The van der Waals surface area contributed by atoms with Gasteiger partial charge >= 0.3 is 0 Å². The van der Waals surface area contributed by atoms with Crippen molar-refractivity contribution in [2.24, 2.45) is 0 Å². The zero-order valence-corrected chi connectivity index (χ0v) is 17.9. The predicted molar refractivity (Wildman–Crippen MR) is 122 cm³/mol. The Labute approximate surface area is 183 Å². The van der Waals surface area contributed by atoms with E-state index in [1.807, 2.05) is 42.5 Å². The molecular weight excluding hydrogens is 396 g/mol. The Morgan fingerprint density at radius 2 is 1.77 bits per heavy atom. The van der Waals surface area contributed by atoms with Crippen LogP contribution in [0.1, 0.15) is 22.7 Å². The van der Waals surface area contributed by atoms with Gasteiger partial charge in [0.1, 0.15) is 18.1 Å². The smallest absolute Gasteiger partial charge is 0.124 e. The van der Waals surface area contributed by atoms with Gasteiger partial charge in [0.2, 0.25) is 0 Å². The molecule has 1 aliphatic heterocycles. The zero-order chi connectivity index (χ0) is 20.8. The Hall–Kier alpha value is -2.53. The molecule has 1 aliphatic rings. The van der Waals surface area contributed by atoms with Crippen LogP contribution in [-0.2, 0) is 6.61 Å². The third kappa shape index (κ3) is 4.96. The van der Waals surface area contributed by atoms with Crippen LogP contribution in [0.4, 0.5) is 0 Å². The number of rotatable bonds is 7. The van der Waals surface area contributed by atoms with E-state index in [4.69, 9.17) is 21.1 Å². The van der Waals surface area contributed by atoms with Gasteiger partial charge in [-0.3, -0.25) is 4.90 Å². The van der Waals surface area contributed by atoms with Gasteiger partial charge in [-0.2, -0.15) is 0 Å². The summed E-state index contributed by atoms with van der Waals surface area (Å²) in [5.74, 6) is 1.70. The lowest BCUT2D eigenvalue weighted by Gasteiger charge is -2.36. The van der Waals surface area contributed by atoms with Gasteiger partial charge in [-0.05, 0) is 41.5 Å². The summed E-state index contributed by atoms with van der Waals surface area (Å²) in [6.07, 6.45) is 0. The number of methoxy groups -OCH3 is 1. The highest BCUT2D eigenvalue weighted by Gasteiger charge is 2.27. The summed E-state index contributed by atoms with van der Waals surface area (Å²) in [5.41, 5.74) is 3.40. The molecule has 0 saturated carbocycles. The molecule has 30 heavy (non-hydrogen) atoms. The number of hydrogen-bond donors (Lipinski definition) is 1. The van der Waals surface area contributed by atoms with Crippen LogP contribution in [0, 0.1) is 0 Å². The normalized spacial score (nSPS) is 15.5. The number of halogens is 1. The summed E-state index contributed by atoms with van der Waals surface area (Å²) >= 11 is 6.38. The maximum atomic E-state index is 6.38. The Kier molecular flexibility index (Phi) is 6.90. The van der Waals surface area contributed by atoms with Crippen molar-refractivity contribution in [3.05, 3.63) is 94.5 Å². The molecule has 1 heterocycles. The second-order valence-corrected chi connectivity index (χ2v) is 7.86. The van der Waals surface area contributed by atoms with E-state index >= 15 is 0 Å². The first-order valence-corrected chi connectivity index (χ1v) is 10.7. The molecule has 1 N–H and O–H groups in total. The lowest BCUT2D eigenvalue weighted by molar-refractivity contribution is 0.195. The third-order valence-corrected chi connectivity index (χ3v) is 5.66. The number of piperazine rings is 1. The monoisotopic (exact) mass is 422 g/mol. The molecule has 0 aromatic heterocycles. The van der Waals surface area contributed by atoms with Crippen LogP contribution < -0.4 is 14.8 Å². The first-order valence-electron chi connectivity index (χ1n) is 10.3. The Balaban J connectivity index is 1.66. The lowest BCUT2D eigenvalue weighted by atomic mass is 9.95. The summed E-state index contributed by atoms with van der Waals surface area (Å²) in [4.78, 5) is 2.47. The van der Waals surface area contributed by atoms with E-state index in [2.05, 4.69) is 40.5 Å². The Morgan fingerprint density at radius 3 is 2.53 bits per heavy atom. The minimum absolute atomic E-state index is 0.0426. The van der Waals surface area contributed by atoms with Crippen molar-refractivity contribution in [3.63, 3.8) is 0 Å². The SMILES string of the molecule is COc1ccc(Cl)cc1C(c1cccc(OCc2ccccc2)c1)N1CCNCC1. The average molecular weight is 423 g/mol. The van der Waals surface area contributed by atoms with Gasteiger partial charge in [0.25, 0.3) is 0 Å². The molecule has 0 bridgehead atoms. The van der Waals surface area contributed by atoms with Gasteiger partial charge in [0.15, 0.2) is 0 Å². The van der Waals surface area contributed by atoms with Gasteiger partial charge in [-0.15, -0.1) is 0 Å². The first kappa shape index (κ1) is 20.7. The zero-order valence-electron chi connectivity index (χ0n) is 17.2. The molecule has 4 rings (SSSR count). The maximum absolute atomic E-state index is 6.38. The number of ether oxygens (including phenoxy) is 2. The molecule has 0 radical (unpaired) electrons. The largest absolute Gasteiger partial charge is 0.496 e. The summed E-state index contributed by atoms with van der Waals surface area (Å²) in [5, 5.41) is 4.15. The topological polar surface area (TPSA) is 33.7 Å². The lowest BCUT2D eigenvalue weighted by Crippen LogP contribution is -2.45. The number of nitrogens with one attached hydrogen (secondary N) is 1. The van der Waals surface area contributed by atoms with Crippen LogP contribution in [0.2, 0.25) is 5.02 Å². The van der Waals surface area contributed by atoms with Gasteiger partial charge in [-0.25, -0.2) is 0 Å². The van der Waals surface area contributed by atoms with Crippen LogP contribution in [0.5, 0.6) is 11.5 Å². The second-order valence-electron chi connectivity index (χ2n) is 7.42. The van der Waals surface area contributed by atoms with Crippen LogP contribution >= 0.6 is 11.6 Å². The fraction of sp³-hybridized carbons (Fsp3) is 0.280. The Morgan fingerprint density at radius 1 is 0.967 bits per heavy atom. The van der Waals surface area contributed by atoms with E-state index < -0.39 is 0 Å². The molecule has 3 aromatic rings. The van der Waals surface area contributed by atoms with Gasteiger partial charge < -0.3 is 14.8 Å². The van der Waals surface area contributed by atoms with Gasteiger partial charge in [0.05, 0.1) is 13.2 Å². The molecule has 1 atom stereocenters. The molecule has 156 valence electrons. The highest BCUT2D eigenvalue weighted by Crippen LogP contribution is 2.37. The third-order valence-electron chi connectivity index (χ3n) is 5.43. The molecule has 0 spiro atoms. The molecule has 0 amide bonds. The molecule has 1 unspecified atom stereocenters. The van der Waals surface area contributed by atoms with Crippen molar-refractivity contribution in [1.82, 2.24) is 10.2 Å². The van der Waals surface area contributed by atoms with Crippen molar-refractivity contribution in [3.8, 4) is 11.5 Å². The molecule has 1 saturated heterocycles. The van der Waals surface area contributed by atoms with Gasteiger partial charge in [0, 0.05) is 36.8 Å². The highest BCUT2D eigenvalue weighted by atomic mass is 35.5. The Bertz CT molecular complexity index is 958. The number of nitrogens with zero attached hydrogens (tertiary/aromatic N) is 1. The van der Waals surface area contributed by atoms with Crippen LogP contribution in [0.25, 0.3) is 0 Å². The first-order chi connectivity index (χ1) is 14.7. The summed E-state index contributed by atoms with van der Waals surface area (Å²) in [6, 6.07) is 24.5. The number of benzene rings is 3. The van der Waals surface area contributed by atoms with Gasteiger partial charge in [-0.1, -0.05) is 54.1 Å². The molecule has 5 heteroatoms.